The van der Waals surface area contributed by atoms with E-state index in [9.17, 15) is 4.79 Å². The quantitative estimate of drug-likeness (QED) is 0.372. The minimum absolute atomic E-state index is 0.249. The SMILES string of the molecule is C=C(CCCCC(C)CC)C(=O)OC(C)(C)C. The second-order valence-electron chi connectivity index (χ2n) is 5.86. The molecule has 0 N–H and O–H groups in total. The molecule has 2 nitrogen and oxygen atoms in total. The fourth-order valence-corrected chi connectivity index (χ4v) is 1.49. The third kappa shape index (κ3) is 8.96. The summed E-state index contributed by atoms with van der Waals surface area (Å²) in [6, 6.07) is 0. The van der Waals surface area contributed by atoms with Crippen LogP contribution < -0.4 is 0 Å². The zero-order valence-electron chi connectivity index (χ0n) is 12.1. The smallest absolute Gasteiger partial charge is 0.333 e. The summed E-state index contributed by atoms with van der Waals surface area (Å²) in [6.07, 6.45) is 5.41. The molecule has 1 unspecified atom stereocenters. The highest BCUT2D eigenvalue weighted by atomic mass is 16.6. The van der Waals surface area contributed by atoms with Gasteiger partial charge in [-0.1, -0.05) is 39.7 Å². The molecule has 0 aliphatic heterocycles. The van der Waals surface area contributed by atoms with Crippen LogP contribution in [0.15, 0.2) is 12.2 Å². The minimum Gasteiger partial charge on any atom is -0.457 e. The van der Waals surface area contributed by atoms with Crippen molar-refractivity contribution in [3.05, 3.63) is 12.2 Å². The maximum absolute atomic E-state index is 11.6. The Labute approximate surface area is 106 Å². The molecule has 0 rings (SSSR count). The van der Waals surface area contributed by atoms with Gasteiger partial charge in [0.25, 0.3) is 0 Å². The Morgan fingerprint density at radius 1 is 1.29 bits per heavy atom. The van der Waals surface area contributed by atoms with E-state index in [0.717, 1.165) is 25.2 Å². The Kier molecular flexibility index (Phi) is 7.17. The number of rotatable bonds is 7. The normalized spacial score (nSPS) is 13.2. The number of hydrogen-bond donors (Lipinski definition) is 0. The van der Waals surface area contributed by atoms with Gasteiger partial charge in [0.05, 0.1) is 0 Å². The fourth-order valence-electron chi connectivity index (χ4n) is 1.49. The van der Waals surface area contributed by atoms with Crippen molar-refractivity contribution >= 4 is 5.97 Å². The van der Waals surface area contributed by atoms with Gasteiger partial charge in [0.2, 0.25) is 0 Å². The molecule has 0 radical (unpaired) electrons. The molecule has 17 heavy (non-hydrogen) atoms. The predicted octanol–water partition coefficient (Wildman–Crippen LogP) is 4.49. The van der Waals surface area contributed by atoms with Gasteiger partial charge < -0.3 is 4.74 Å². The summed E-state index contributed by atoms with van der Waals surface area (Å²) in [5.74, 6) is 0.533. The first kappa shape index (κ1) is 16.2. The second-order valence-corrected chi connectivity index (χ2v) is 5.86. The van der Waals surface area contributed by atoms with Gasteiger partial charge in [-0.2, -0.15) is 0 Å². The van der Waals surface area contributed by atoms with E-state index in [2.05, 4.69) is 20.4 Å². The van der Waals surface area contributed by atoms with Gasteiger partial charge in [-0.25, -0.2) is 4.79 Å². The number of unbranched alkanes of at least 4 members (excludes halogenated alkanes) is 1. The molecule has 0 fully saturated rings. The summed E-state index contributed by atoms with van der Waals surface area (Å²) < 4.78 is 5.26. The lowest BCUT2D eigenvalue weighted by Crippen LogP contribution is -2.24. The van der Waals surface area contributed by atoms with E-state index in [0.29, 0.717) is 5.57 Å². The highest BCUT2D eigenvalue weighted by molar-refractivity contribution is 5.87. The van der Waals surface area contributed by atoms with Crippen LogP contribution in [0.4, 0.5) is 0 Å². The summed E-state index contributed by atoms with van der Waals surface area (Å²) in [6.45, 7) is 13.9. The standard InChI is InChI=1S/C15H28O2/c1-7-12(2)10-8-9-11-13(3)14(16)17-15(4,5)6/h12H,3,7-11H2,1-2,4-6H3. The lowest BCUT2D eigenvalue weighted by molar-refractivity contribution is -0.150. The van der Waals surface area contributed by atoms with E-state index < -0.39 is 5.60 Å². The molecule has 0 aromatic heterocycles. The van der Waals surface area contributed by atoms with E-state index in [1.165, 1.54) is 12.8 Å². The van der Waals surface area contributed by atoms with Gasteiger partial charge in [0.1, 0.15) is 5.60 Å². The topological polar surface area (TPSA) is 26.3 Å². The molecule has 2 heteroatoms. The highest BCUT2D eigenvalue weighted by Gasteiger charge is 2.18. The Balaban J connectivity index is 3.76. The minimum atomic E-state index is -0.420. The molecule has 0 aliphatic rings. The summed E-state index contributed by atoms with van der Waals surface area (Å²) >= 11 is 0. The highest BCUT2D eigenvalue weighted by Crippen LogP contribution is 2.17. The van der Waals surface area contributed by atoms with E-state index in [1.807, 2.05) is 20.8 Å². The molecule has 0 aromatic rings. The van der Waals surface area contributed by atoms with Crippen LogP contribution in [0.25, 0.3) is 0 Å². The van der Waals surface area contributed by atoms with E-state index in [-0.39, 0.29) is 5.97 Å². The van der Waals surface area contributed by atoms with Gasteiger partial charge in [-0.05, 0) is 39.5 Å². The maximum Gasteiger partial charge on any atom is 0.333 e. The molecular formula is C15H28O2. The van der Waals surface area contributed by atoms with Gasteiger partial charge in [0, 0.05) is 5.57 Å². The largest absolute Gasteiger partial charge is 0.457 e. The Morgan fingerprint density at radius 2 is 1.88 bits per heavy atom. The van der Waals surface area contributed by atoms with Crippen molar-refractivity contribution in [1.29, 1.82) is 0 Å². The molecule has 0 amide bonds. The molecule has 0 aromatic carbocycles. The summed E-state index contributed by atoms with van der Waals surface area (Å²) in [5, 5.41) is 0. The Bertz CT molecular complexity index is 248. The molecule has 0 saturated carbocycles. The lowest BCUT2D eigenvalue weighted by atomic mass is 9.99. The van der Waals surface area contributed by atoms with Crippen molar-refractivity contribution in [2.45, 2.75) is 72.3 Å². The Hall–Kier alpha value is -0.790. The third-order valence-corrected chi connectivity index (χ3v) is 2.81. The molecule has 0 saturated heterocycles. The molecule has 1 atom stereocenters. The van der Waals surface area contributed by atoms with Crippen molar-refractivity contribution in [2.75, 3.05) is 0 Å². The first-order chi connectivity index (χ1) is 7.76. The maximum atomic E-state index is 11.6. The van der Waals surface area contributed by atoms with Crippen LogP contribution in [0.3, 0.4) is 0 Å². The summed E-state index contributed by atoms with van der Waals surface area (Å²) in [5.41, 5.74) is 0.181. The third-order valence-electron chi connectivity index (χ3n) is 2.81. The van der Waals surface area contributed by atoms with E-state index in [4.69, 9.17) is 4.74 Å². The van der Waals surface area contributed by atoms with Crippen LogP contribution in [0.2, 0.25) is 0 Å². The molecule has 0 spiro atoms. The summed E-state index contributed by atoms with van der Waals surface area (Å²) in [7, 11) is 0. The zero-order valence-corrected chi connectivity index (χ0v) is 12.1. The molecular weight excluding hydrogens is 212 g/mol. The Morgan fingerprint density at radius 3 is 2.35 bits per heavy atom. The van der Waals surface area contributed by atoms with Crippen molar-refractivity contribution in [1.82, 2.24) is 0 Å². The van der Waals surface area contributed by atoms with Gasteiger partial charge >= 0.3 is 5.97 Å². The number of ether oxygens (including phenoxy) is 1. The zero-order chi connectivity index (χ0) is 13.5. The predicted molar refractivity (Wildman–Crippen MR) is 72.9 cm³/mol. The van der Waals surface area contributed by atoms with Crippen molar-refractivity contribution in [3.8, 4) is 0 Å². The lowest BCUT2D eigenvalue weighted by Gasteiger charge is -2.20. The van der Waals surface area contributed by atoms with Gasteiger partial charge in [-0.15, -0.1) is 0 Å². The number of carbonyl (C=O) groups is 1. The van der Waals surface area contributed by atoms with E-state index >= 15 is 0 Å². The van der Waals surface area contributed by atoms with Crippen molar-refractivity contribution in [3.63, 3.8) is 0 Å². The van der Waals surface area contributed by atoms with E-state index in [1.54, 1.807) is 0 Å². The number of carbonyl (C=O) groups excluding carboxylic acids is 1. The number of esters is 1. The van der Waals surface area contributed by atoms with Crippen molar-refractivity contribution < 1.29 is 9.53 Å². The molecule has 0 aliphatic carbocycles. The number of hydrogen-bond acceptors (Lipinski definition) is 2. The van der Waals surface area contributed by atoms with Crippen molar-refractivity contribution in [2.24, 2.45) is 5.92 Å². The molecule has 0 heterocycles. The average molecular weight is 240 g/mol. The fraction of sp³-hybridized carbons (Fsp3) is 0.800. The summed E-state index contributed by atoms with van der Waals surface area (Å²) in [4.78, 5) is 11.6. The van der Waals surface area contributed by atoms with Crippen LogP contribution in [0, 0.1) is 5.92 Å². The first-order valence-corrected chi connectivity index (χ1v) is 6.67. The average Bonchev–Trinajstić information content (AvgIpc) is 2.21. The van der Waals surface area contributed by atoms with Gasteiger partial charge in [-0.3, -0.25) is 0 Å². The van der Waals surface area contributed by atoms with Crippen LogP contribution >= 0.6 is 0 Å². The van der Waals surface area contributed by atoms with Gasteiger partial charge in [0.15, 0.2) is 0 Å². The molecule has 100 valence electrons. The van der Waals surface area contributed by atoms with Crippen LogP contribution in [0.5, 0.6) is 0 Å². The van der Waals surface area contributed by atoms with Crippen LogP contribution in [-0.4, -0.2) is 11.6 Å². The second kappa shape index (κ2) is 7.52. The first-order valence-electron chi connectivity index (χ1n) is 6.67. The molecule has 0 bridgehead atoms. The monoisotopic (exact) mass is 240 g/mol. The van der Waals surface area contributed by atoms with Crippen LogP contribution in [0.1, 0.15) is 66.7 Å². The van der Waals surface area contributed by atoms with Crippen LogP contribution in [-0.2, 0) is 9.53 Å².